The molecule has 5 atom stereocenters. The van der Waals surface area contributed by atoms with Crippen molar-refractivity contribution in [3.05, 3.63) is 47.1 Å². The minimum absolute atomic E-state index is 0.172. The fourth-order valence-electron chi connectivity index (χ4n) is 7.17. The highest BCUT2D eigenvalue weighted by molar-refractivity contribution is 5.92. The Bertz CT molecular complexity index is 806. The Morgan fingerprint density at radius 2 is 1.86 bits per heavy atom. The van der Waals surface area contributed by atoms with E-state index < -0.39 is 0 Å². The fourth-order valence-corrected chi connectivity index (χ4v) is 7.17. The van der Waals surface area contributed by atoms with Crippen LogP contribution < -0.4 is 0 Å². The van der Waals surface area contributed by atoms with Crippen molar-refractivity contribution in [3.63, 3.8) is 0 Å². The lowest BCUT2D eigenvalue weighted by Crippen LogP contribution is -2.41. The van der Waals surface area contributed by atoms with Crippen LogP contribution in [0.5, 0.6) is 0 Å². The third-order valence-corrected chi connectivity index (χ3v) is 9.39. The molecule has 0 heterocycles. The van der Waals surface area contributed by atoms with Gasteiger partial charge >= 0.3 is 0 Å². The number of allylic oxidation sites excluding steroid dienone is 7. The van der Waals surface area contributed by atoms with Crippen LogP contribution in [0.1, 0.15) is 86.0 Å². The van der Waals surface area contributed by atoms with Gasteiger partial charge in [0.25, 0.3) is 0 Å². The second-order valence-corrected chi connectivity index (χ2v) is 11.2. The average Bonchev–Trinajstić information content (AvgIpc) is 3.03. The van der Waals surface area contributed by atoms with Crippen LogP contribution in [0, 0.1) is 34.5 Å². The summed E-state index contributed by atoms with van der Waals surface area (Å²) >= 11 is 0. The van der Waals surface area contributed by atoms with Crippen LogP contribution in [-0.2, 0) is 4.79 Å². The van der Waals surface area contributed by atoms with Crippen LogP contribution in [0.25, 0.3) is 0 Å². The molecule has 4 rings (SSSR count). The molecular weight excluding hydrogens is 352 g/mol. The van der Waals surface area contributed by atoms with Gasteiger partial charge in [0.1, 0.15) is 0 Å². The standard InChI is InChI=1S/C28H40O/c1-18(2)19(3)7-8-20(4)24-11-12-25-23-10-9-21-17-22(29)13-15-27(21,5)26(23)14-16-28(24,25)6/h9-10,17-18,20,24,26H,3,7-8,11-16H2,1-2,4-6H3/t20-,24?,26?,27?,28?/m1/s1. The third kappa shape index (κ3) is 3.33. The van der Waals surface area contributed by atoms with Crippen LogP contribution in [0.4, 0.5) is 0 Å². The Labute approximate surface area is 178 Å². The molecule has 158 valence electrons. The molecule has 0 N–H and O–H groups in total. The number of rotatable bonds is 5. The maximum absolute atomic E-state index is 12.0. The molecule has 1 heteroatoms. The van der Waals surface area contributed by atoms with E-state index in [0.717, 1.165) is 24.7 Å². The lowest BCUT2D eigenvalue weighted by atomic mass is 9.53. The normalized spacial score (nSPS) is 37.2. The lowest BCUT2D eigenvalue weighted by molar-refractivity contribution is -0.116. The van der Waals surface area contributed by atoms with E-state index in [0.29, 0.717) is 23.0 Å². The predicted molar refractivity (Wildman–Crippen MR) is 123 cm³/mol. The largest absolute Gasteiger partial charge is 0.295 e. The summed E-state index contributed by atoms with van der Waals surface area (Å²) in [6.45, 7) is 16.3. The summed E-state index contributed by atoms with van der Waals surface area (Å²) in [7, 11) is 0. The van der Waals surface area contributed by atoms with Crippen LogP contribution in [0.15, 0.2) is 47.1 Å². The number of fused-ring (bicyclic) bond motifs is 4. The summed E-state index contributed by atoms with van der Waals surface area (Å²) in [6.07, 6.45) is 16.1. The number of carbonyl (C=O) groups excluding carboxylic acids is 1. The quantitative estimate of drug-likeness (QED) is 0.440. The van der Waals surface area contributed by atoms with Gasteiger partial charge in [-0.1, -0.05) is 64.5 Å². The number of ketones is 1. The van der Waals surface area contributed by atoms with Crippen molar-refractivity contribution in [2.45, 2.75) is 86.0 Å². The van der Waals surface area contributed by atoms with Crippen molar-refractivity contribution in [1.82, 2.24) is 0 Å². The fraction of sp³-hybridized carbons (Fsp3) is 0.679. The van der Waals surface area contributed by atoms with Crippen molar-refractivity contribution < 1.29 is 4.79 Å². The van der Waals surface area contributed by atoms with E-state index >= 15 is 0 Å². The van der Waals surface area contributed by atoms with Gasteiger partial charge in [-0.15, -0.1) is 0 Å². The molecule has 1 saturated carbocycles. The minimum Gasteiger partial charge on any atom is -0.295 e. The van der Waals surface area contributed by atoms with Crippen LogP contribution in [0.3, 0.4) is 0 Å². The molecule has 0 aromatic carbocycles. The number of carbonyl (C=O) groups is 1. The van der Waals surface area contributed by atoms with E-state index in [4.69, 9.17) is 0 Å². The van der Waals surface area contributed by atoms with Gasteiger partial charge in [-0.25, -0.2) is 0 Å². The highest BCUT2D eigenvalue weighted by atomic mass is 16.1. The summed E-state index contributed by atoms with van der Waals surface area (Å²) < 4.78 is 0. The second-order valence-electron chi connectivity index (χ2n) is 11.2. The van der Waals surface area contributed by atoms with Crippen molar-refractivity contribution >= 4 is 5.78 Å². The highest BCUT2D eigenvalue weighted by Gasteiger charge is 2.53. The first-order chi connectivity index (χ1) is 13.7. The molecule has 0 aromatic heterocycles. The van der Waals surface area contributed by atoms with E-state index in [1.165, 1.54) is 49.7 Å². The zero-order chi connectivity index (χ0) is 21.0. The van der Waals surface area contributed by atoms with Crippen LogP contribution in [-0.4, -0.2) is 5.78 Å². The molecule has 29 heavy (non-hydrogen) atoms. The molecule has 0 aromatic rings. The van der Waals surface area contributed by atoms with E-state index in [2.05, 4.69) is 53.3 Å². The first kappa shape index (κ1) is 20.9. The van der Waals surface area contributed by atoms with E-state index in [9.17, 15) is 4.79 Å². The number of hydrogen-bond donors (Lipinski definition) is 0. The van der Waals surface area contributed by atoms with Crippen LogP contribution in [0.2, 0.25) is 0 Å². The molecule has 1 fully saturated rings. The topological polar surface area (TPSA) is 17.1 Å². The van der Waals surface area contributed by atoms with Crippen molar-refractivity contribution in [3.8, 4) is 0 Å². The van der Waals surface area contributed by atoms with Crippen LogP contribution >= 0.6 is 0 Å². The molecular formula is C28H40O. The summed E-state index contributed by atoms with van der Waals surface area (Å²) in [6, 6.07) is 0. The molecule has 4 aliphatic carbocycles. The minimum atomic E-state index is 0.172. The summed E-state index contributed by atoms with van der Waals surface area (Å²) in [5, 5.41) is 0. The Kier molecular flexibility index (Phi) is 5.33. The lowest BCUT2D eigenvalue weighted by Gasteiger charge is -2.51. The van der Waals surface area contributed by atoms with Gasteiger partial charge in [-0.2, -0.15) is 0 Å². The Hall–Kier alpha value is -1.37. The predicted octanol–water partition coefficient (Wildman–Crippen LogP) is 7.60. The summed E-state index contributed by atoms with van der Waals surface area (Å²) in [5.41, 5.74) is 6.66. The maximum atomic E-state index is 12.0. The zero-order valence-corrected chi connectivity index (χ0v) is 19.3. The van der Waals surface area contributed by atoms with Gasteiger partial charge in [0, 0.05) is 6.42 Å². The molecule has 0 bridgehead atoms. The summed E-state index contributed by atoms with van der Waals surface area (Å²) in [5.74, 6) is 3.10. The van der Waals surface area contributed by atoms with Crippen molar-refractivity contribution in [2.75, 3.05) is 0 Å². The first-order valence-electron chi connectivity index (χ1n) is 12.0. The van der Waals surface area contributed by atoms with Gasteiger partial charge in [-0.05, 0) is 96.7 Å². The Morgan fingerprint density at radius 3 is 2.59 bits per heavy atom. The van der Waals surface area contributed by atoms with Gasteiger partial charge in [0.2, 0.25) is 0 Å². The van der Waals surface area contributed by atoms with Crippen molar-refractivity contribution in [1.29, 1.82) is 0 Å². The molecule has 1 nitrogen and oxygen atoms in total. The second kappa shape index (κ2) is 7.40. The van der Waals surface area contributed by atoms with Gasteiger partial charge < -0.3 is 0 Å². The van der Waals surface area contributed by atoms with Gasteiger partial charge in [-0.3, -0.25) is 4.79 Å². The Balaban J connectivity index is 1.61. The molecule has 0 radical (unpaired) electrons. The van der Waals surface area contributed by atoms with E-state index in [-0.39, 0.29) is 5.41 Å². The van der Waals surface area contributed by atoms with Crippen molar-refractivity contribution in [2.24, 2.45) is 34.5 Å². The van der Waals surface area contributed by atoms with E-state index in [1.807, 2.05) is 6.08 Å². The average molecular weight is 393 g/mol. The summed E-state index contributed by atoms with van der Waals surface area (Å²) in [4.78, 5) is 12.0. The molecule has 4 aliphatic rings. The Morgan fingerprint density at radius 1 is 1.10 bits per heavy atom. The number of hydrogen-bond acceptors (Lipinski definition) is 1. The molecule has 4 unspecified atom stereocenters. The van der Waals surface area contributed by atoms with E-state index in [1.54, 1.807) is 11.1 Å². The molecule has 0 aliphatic heterocycles. The van der Waals surface area contributed by atoms with Gasteiger partial charge in [0.05, 0.1) is 0 Å². The third-order valence-electron chi connectivity index (χ3n) is 9.39. The maximum Gasteiger partial charge on any atom is 0.156 e. The first-order valence-corrected chi connectivity index (χ1v) is 12.0. The molecule has 0 spiro atoms. The molecule has 0 amide bonds. The smallest absolute Gasteiger partial charge is 0.156 e. The monoisotopic (exact) mass is 392 g/mol. The highest BCUT2D eigenvalue weighted by Crippen LogP contribution is 2.63. The van der Waals surface area contributed by atoms with Gasteiger partial charge in [0.15, 0.2) is 5.78 Å². The SMILES string of the molecule is C=C(CC[C@@H](C)C1CCC2=C3C=CC4=CC(=O)CCC4(C)C3CCC21C)C(C)C. The zero-order valence-electron chi connectivity index (χ0n) is 19.3. The molecule has 0 saturated heterocycles.